The molecule has 25 heavy (non-hydrogen) atoms. The maximum Gasteiger partial charge on any atom is 0.573 e. The van der Waals surface area contributed by atoms with Crippen molar-refractivity contribution in [2.75, 3.05) is 14.2 Å². The van der Waals surface area contributed by atoms with Gasteiger partial charge < -0.3 is 14.2 Å². The molecule has 0 fully saturated rings. The largest absolute Gasteiger partial charge is 0.573 e. The standard InChI is InChI=1S/C18H18F3NO3/c1-23-15-7-13-10-22(11-16(13)17(8-15)24-2)9-12-3-5-14(6-4-12)25-18(19,20)21/h3-8H,9-11H2,1-2H3. The molecule has 2 aromatic rings. The maximum atomic E-state index is 12.2. The molecule has 0 N–H and O–H groups in total. The van der Waals surface area contributed by atoms with E-state index in [1.54, 1.807) is 26.4 Å². The fourth-order valence-electron chi connectivity index (χ4n) is 2.98. The van der Waals surface area contributed by atoms with E-state index in [4.69, 9.17) is 9.47 Å². The topological polar surface area (TPSA) is 30.9 Å². The fourth-order valence-corrected chi connectivity index (χ4v) is 2.98. The van der Waals surface area contributed by atoms with Gasteiger partial charge in [0.15, 0.2) is 0 Å². The monoisotopic (exact) mass is 353 g/mol. The van der Waals surface area contributed by atoms with Crippen LogP contribution in [0.15, 0.2) is 36.4 Å². The second kappa shape index (κ2) is 6.84. The minimum absolute atomic E-state index is 0.215. The molecule has 2 aromatic carbocycles. The summed E-state index contributed by atoms with van der Waals surface area (Å²) in [6.07, 6.45) is -4.67. The first-order valence-electron chi connectivity index (χ1n) is 7.69. The molecule has 0 aromatic heterocycles. The molecule has 1 heterocycles. The van der Waals surface area contributed by atoms with E-state index in [1.807, 2.05) is 12.1 Å². The summed E-state index contributed by atoms with van der Waals surface area (Å²) in [4.78, 5) is 2.19. The van der Waals surface area contributed by atoms with Crippen molar-refractivity contribution in [2.45, 2.75) is 26.0 Å². The Kier molecular flexibility index (Phi) is 4.76. The SMILES string of the molecule is COc1cc2c(c(OC)c1)CN(Cc1ccc(OC(F)(F)F)cc1)C2. The van der Waals surface area contributed by atoms with E-state index in [0.717, 1.165) is 34.7 Å². The van der Waals surface area contributed by atoms with Crippen molar-refractivity contribution in [1.82, 2.24) is 4.90 Å². The number of halogens is 3. The van der Waals surface area contributed by atoms with Gasteiger partial charge in [0.2, 0.25) is 0 Å². The normalized spacial score (nSPS) is 14.3. The molecule has 134 valence electrons. The Morgan fingerprint density at radius 3 is 2.28 bits per heavy atom. The summed E-state index contributed by atoms with van der Waals surface area (Å²) < 4.78 is 51.2. The quantitative estimate of drug-likeness (QED) is 0.809. The van der Waals surface area contributed by atoms with Crippen LogP contribution in [0.2, 0.25) is 0 Å². The molecule has 4 nitrogen and oxygen atoms in total. The number of hydrogen-bond donors (Lipinski definition) is 0. The third kappa shape index (κ3) is 4.17. The van der Waals surface area contributed by atoms with E-state index in [-0.39, 0.29) is 5.75 Å². The average Bonchev–Trinajstić information content (AvgIpc) is 2.96. The van der Waals surface area contributed by atoms with Crippen molar-refractivity contribution in [3.63, 3.8) is 0 Å². The van der Waals surface area contributed by atoms with Crippen molar-refractivity contribution in [3.8, 4) is 17.2 Å². The van der Waals surface area contributed by atoms with Crippen LogP contribution in [0.1, 0.15) is 16.7 Å². The molecule has 0 amide bonds. The Morgan fingerprint density at radius 1 is 0.960 bits per heavy atom. The first-order valence-corrected chi connectivity index (χ1v) is 7.69. The van der Waals surface area contributed by atoms with E-state index in [2.05, 4.69) is 9.64 Å². The minimum Gasteiger partial charge on any atom is -0.497 e. The number of fused-ring (bicyclic) bond motifs is 1. The van der Waals surface area contributed by atoms with Gasteiger partial charge in [-0.05, 0) is 29.3 Å². The Bertz CT molecular complexity index is 744. The lowest BCUT2D eigenvalue weighted by Gasteiger charge is -2.15. The number of nitrogens with zero attached hydrogens (tertiary/aromatic N) is 1. The van der Waals surface area contributed by atoms with Crippen LogP contribution in [0.25, 0.3) is 0 Å². The van der Waals surface area contributed by atoms with Gasteiger partial charge in [0.05, 0.1) is 14.2 Å². The van der Waals surface area contributed by atoms with Crippen LogP contribution in [-0.4, -0.2) is 25.5 Å². The maximum absolute atomic E-state index is 12.2. The highest BCUT2D eigenvalue weighted by molar-refractivity contribution is 5.48. The zero-order chi connectivity index (χ0) is 18.0. The molecule has 0 atom stereocenters. The number of ether oxygens (including phenoxy) is 3. The van der Waals surface area contributed by atoms with Crippen molar-refractivity contribution < 1.29 is 27.4 Å². The smallest absolute Gasteiger partial charge is 0.497 e. The van der Waals surface area contributed by atoms with E-state index in [9.17, 15) is 13.2 Å². The number of rotatable bonds is 5. The third-order valence-electron chi connectivity index (χ3n) is 4.07. The summed E-state index contributed by atoms with van der Waals surface area (Å²) in [6.45, 7) is 2.06. The van der Waals surface area contributed by atoms with Gasteiger partial charge >= 0.3 is 6.36 Å². The molecule has 0 saturated carbocycles. The minimum atomic E-state index is -4.67. The van der Waals surface area contributed by atoms with Crippen LogP contribution in [0, 0.1) is 0 Å². The van der Waals surface area contributed by atoms with Crippen LogP contribution in [-0.2, 0) is 19.6 Å². The van der Waals surface area contributed by atoms with Gasteiger partial charge in [0, 0.05) is 31.3 Å². The van der Waals surface area contributed by atoms with Crippen LogP contribution in [0.4, 0.5) is 13.2 Å². The third-order valence-corrected chi connectivity index (χ3v) is 4.07. The summed E-state index contributed by atoms with van der Waals surface area (Å²) in [5.74, 6) is 1.31. The molecular formula is C18H18F3NO3. The molecule has 1 aliphatic heterocycles. The summed E-state index contributed by atoms with van der Waals surface area (Å²) in [5.41, 5.74) is 3.15. The van der Waals surface area contributed by atoms with E-state index in [0.29, 0.717) is 13.1 Å². The predicted molar refractivity (Wildman–Crippen MR) is 85.6 cm³/mol. The Labute approximate surface area is 143 Å². The summed E-state index contributed by atoms with van der Waals surface area (Å²) in [7, 11) is 3.23. The molecule has 0 saturated heterocycles. The first-order chi connectivity index (χ1) is 11.9. The number of methoxy groups -OCH3 is 2. The molecular weight excluding hydrogens is 335 g/mol. The van der Waals surface area contributed by atoms with Crippen molar-refractivity contribution in [3.05, 3.63) is 53.1 Å². The molecule has 0 bridgehead atoms. The zero-order valence-electron chi connectivity index (χ0n) is 13.9. The van der Waals surface area contributed by atoms with Gasteiger partial charge in [-0.3, -0.25) is 4.90 Å². The molecule has 0 spiro atoms. The highest BCUT2D eigenvalue weighted by Crippen LogP contribution is 2.35. The predicted octanol–water partition coefficient (Wildman–Crippen LogP) is 4.12. The van der Waals surface area contributed by atoms with E-state index in [1.165, 1.54) is 12.1 Å². The Balaban J connectivity index is 1.69. The summed E-state index contributed by atoms with van der Waals surface area (Å²) in [5, 5.41) is 0. The second-order valence-electron chi connectivity index (χ2n) is 5.80. The van der Waals surface area contributed by atoms with Gasteiger partial charge in [-0.25, -0.2) is 0 Å². The second-order valence-corrected chi connectivity index (χ2v) is 5.80. The lowest BCUT2D eigenvalue weighted by atomic mass is 10.1. The molecule has 0 radical (unpaired) electrons. The summed E-state index contributed by atoms with van der Waals surface area (Å²) >= 11 is 0. The van der Waals surface area contributed by atoms with Gasteiger partial charge in [-0.15, -0.1) is 13.2 Å². The molecule has 3 rings (SSSR count). The number of benzene rings is 2. The van der Waals surface area contributed by atoms with E-state index >= 15 is 0 Å². The number of hydrogen-bond acceptors (Lipinski definition) is 4. The first kappa shape index (κ1) is 17.4. The zero-order valence-corrected chi connectivity index (χ0v) is 13.9. The van der Waals surface area contributed by atoms with Crippen LogP contribution < -0.4 is 14.2 Å². The van der Waals surface area contributed by atoms with Crippen molar-refractivity contribution >= 4 is 0 Å². The molecule has 0 unspecified atom stereocenters. The lowest BCUT2D eigenvalue weighted by Crippen LogP contribution is -2.17. The highest BCUT2D eigenvalue weighted by atomic mass is 19.4. The lowest BCUT2D eigenvalue weighted by molar-refractivity contribution is -0.274. The van der Waals surface area contributed by atoms with Crippen molar-refractivity contribution in [1.29, 1.82) is 0 Å². The van der Waals surface area contributed by atoms with Gasteiger partial charge in [0.25, 0.3) is 0 Å². The molecule has 1 aliphatic rings. The van der Waals surface area contributed by atoms with Gasteiger partial charge in [-0.1, -0.05) is 12.1 Å². The Morgan fingerprint density at radius 2 is 1.68 bits per heavy atom. The van der Waals surface area contributed by atoms with E-state index < -0.39 is 6.36 Å². The Hall–Kier alpha value is -2.41. The molecule has 7 heteroatoms. The van der Waals surface area contributed by atoms with Gasteiger partial charge in [0.1, 0.15) is 17.2 Å². The molecule has 0 aliphatic carbocycles. The van der Waals surface area contributed by atoms with Crippen LogP contribution in [0.5, 0.6) is 17.2 Å². The van der Waals surface area contributed by atoms with Crippen LogP contribution >= 0.6 is 0 Å². The summed E-state index contributed by atoms with van der Waals surface area (Å²) in [6, 6.07) is 9.78. The average molecular weight is 353 g/mol. The van der Waals surface area contributed by atoms with Crippen LogP contribution in [0.3, 0.4) is 0 Å². The fraction of sp³-hybridized carbons (Fsp3) is 0.333. The highest BCUT2D eigenvalue weighted by Gasteiger charge is 2.31. The van der Waals surface area contributed by atoms with Crippen molar-refractivity contribution in [2.24, 2.45) is 0 Å². The van der Waals surface area contributed by atoms with Gasteiger partial charge in [-0.2, -0.15) is 0 Å². The number of alkyl halides is 3.